The smallest absolute Gasteiger partial charge is 0.328 e. The quantitative estimate of drug-likeness (QED) is 0.112. The Morgan fingerprint density at radius 1 is 1.13 bits per heavy atom. The van der Waals surface area contributed by atoms with Crippen LogP contribution in [-0.4, -0.2) is 48.3 Å². The van der Waals surface area contributed by atoms with Crippen molar-refractivity contribution in [2.45, 2.75) is 30.8 Å². The maximum absolute atomic E-state index is 12.8. The molecule has 0 spiro atoms. The number of amides is 1. The highest BCUT2D eigenvalue weighted by atomic mass is 32.2. The van der Waals surface area contributed by atoms with Crippen molar-refractivity contribution < 1.29 is 14.3 Å². The molecule has 1 atom stereocenters. The molecular weight excluding hydrogens is 500 g/mol. The molecule has 1 amide bonds. The predicted molar refractivity (Wildman–Crippen MR) is 149 cm³/mol. The van der Waals surface area contributed by atoms with Crippen LogP contribution in [0.2, 0.25) is 0 Å². The Balaban J connectivity index is 1.85. The minimum atomic E-state index is -0.843. The average Bonchev–Trinajstić information content (AvgIpc) is 2.93. The first-order valence-electron chi connectivity index (χ1n) is 11.9. The molecule has 0 aliphatic heterocycles. The van der Waals surface area contributed by atoms with Gasteiger partial charge in [0.1, 0.15) is 17.1 Å². The van der Waals surface area contributed by atoms with Gasteiger partial charge in [-0.05, 0) is 31.4 Å². The van der Waals surface area contributed by atoms with E-state index in [4.69, 9.17) is 21.2 Å². The van der Waals surface area contributed by atoms with E-state index in [1.54, 1.807) is 0 Å². The molecule has 196 valence electrons. The van der Waals surface area contributed by atoms with Crippen molar-refractivity contribution in [2.24, 2.45) is 16.5 Å². The zero-order valence-electron chi connectivity index (χ0n) is 21.3. The molecule has 0 bridgehead atoms. The number of thioether (sulfide) groups is 1. The van der Waals surface area contributed by atoms with Gasteiger partial charge >= 0.3 is 5.97 Å². The molecular formula is C28H30N6O3S. The first-order chi connectivity index (χ1) is 18.3. The number of ether oxygens (including phenoxy) is 1. The molecule has 2 aromatic carbocycles. The highest BCUT2D eigenvalue weighted by Crippen LogP contribution is 2.34. The minimum Gasteiger partial charge on any atom is -0.467 e. The number of nitrogens with zero attached hydrogens (tertiary/aromatic N) is 3. The van der Waals surface area contributed by atoms with E-state index in [1.807, 2.05) is 67.6 Å². The number of nitriles is 1. The Hall–Kier alpha value is -4.36. The Kier molecular flexibility index (Phi) is 10.3. The van der Waals surface area contributed by atoms with Crippen LogP contribution in [0, 0.1) is 18.3 Å². The van der Waals surface area contributed by atoms with Crippen molar-refractivity contribution >= 4 is 29.6 Å². The zero-order chi connectivity index (χ0) is 27.5. The summed E-state index contributed by atoms with van der Waals surface area (Å²) in [5.74, 6) is -1.03. The van der Waals surface area contributed by atoms with Crippen molar-refractivity contribution in [1.82, 2.24) is 10.3 Å². The van der Waals surface area contributed by atoms with E-state index in [9.17, 15) is 14.9 Å². The van der Waals surface area contributed by atoms with Crippen molar-refractivity contribution in [2.75, 3.05) is 19.4 Å². The van der Waals surface area contributed by atoms with Gasteiger partial charge < -0.3 is 21.5 Å². The van der Waals surface area contributed by atoms with E-state index in [1.165, 1.54) is 7.11 Å². The molecule has 1 heterocycles. The number of methoxy groups -OCH3 is 1. The lowest BCUT2D eigenvalue weighted by Gasteiger charge is -2.16. The van der Waals surface area contributed by atoms with Crippen LogP contribution in [0.3, 0.4) is 0 Å². The summed E-state index contributed by atoms with van der Waals surface area (Å²) in [4.78, 5) is 33.6. The average molecular weight is 531 g/mol. The Morgan fingerprint density at radius 3 is 2.47 bits per heavy atom. The third-order valence-electron chi connectivity index (χ3n) is 5.64. The van der Waals surface area contributed by atoms with Crippen LogP contribution in [-0.2, 0) is 14.3 Å². The number of esters is 1. The molecule has 9 nitrogen and oxygen atoms in total. The summed E-state index contributed by atoms with van der Waals surface area (Å²) in [6.45, 7) is 2.32. The number of carbonyl (C=O) groups is 2. The number of aromatic nitrogens is 1. The lowest BCUT2D eigenvalue weighted by Crippen LogP contribution is -2.42. The topological polar surface area (TPSA) is 156 Å². The molecule has 0 radical (unpaired) electrons. The number of hydrogen-bond donors (Lipinski definition) is 3. The SMILES string of the molecule is COC(=O)[C@H](CCCN=C(N)N)NC(=O)CSc1nc(-c2ccccc2)cc(-c2ccc(C)cc2)c1C#N. The van der Waals surface area contributed by atoms with E-state index in [0.29, 0.717) is 35.7 Å². The minimum absolute atomic E-state index is 0.0383. The molecule has 0 aliphatic carbocycles. The lowest BCUT2D eigenvalue weighted by molar-refractivity contribution is -0.145. The summed E-state index contributed by atoms with van der Waals surface area (Å²) >= 11 is 1.14. The number of aliphatic imine (C=N–C) groups is 1. The van der Waals surface area contributed by atoms with Crippen molar-refractivity contribution in [3.63, 3.8) is 0 Å². The lowest BCUT2D eigenvalue weighted by atomic mass is 9.98. The number of pyridine rings is 1. The Morgan fingerprint density at radius 2 is 1.84 bits per heavy atom. The second-order valence-corrected chi connectivity index (χ2v) is 9.42. The van der Waals surface area contributed by atoms with Crippen LogP contribution in [0.25, 0.3) is 22.4 Å². The van der Waals surface area contributed by atoms with E-state index in [2.05, 4.69) is 16.4 Å². The van der Waals surface area contributed by atoms with E-state index >= 15 is 0 Å². The first-order valence-corrected chi connectivity index (χ1v) is 12.9. The van der Waals surface area contributed by atoms with Crippen molar-refractivity contribution in [3.8, 4) is 28.5 Å². The monoisotopic (exact) mass is 530 g/mol. The van der Waals surface area contributed by atoms with E-state index in [0.717, 1.165) is 34.0 Å². The van der Waals surface area contributed by atoms with Gasteiger partial charge in [-0.3, -0.25) is 9.79 Å². The fourth-order valence-corrected chi connectivity index (χ4v) is 4.53. The number of benzene rings is 2. The fraction of sp³-hybridized carbons (Fsp3) is 0.250. The molecule has 10 heteroatoms. The molecule has 5 N–H and O–H groups in total. The standard InChI is InChI=1S/C28H30N6O3S/c1-18-10-12-19(13-11-18)21-15-24(20-7-4-3-5-8-20)34-26(22(21)16-29)38-17-25(35)33-23(27(36)37-2)9-6-14-32-28(30)31/h3-5,7-8,10-13,15,23H,6,9,14,17H2,1-2H3,(H,33,35)(H4,30,31,32)/t23-/m0/s1. The second-order valence-electron chi connectivity index (χ2n) is 8.46. The van der Waals surface area contributed by atoms with Gasteiger partial charge in [0, 0.05) is 17.7 Å². The molecule has 0 fully saturated rings. The Labute approximate surface area is 226 Å². The summed E-state index contributed by atoms with van der Waals surface area (Å²) in [7, 11) is 1.26. The van der Waals surface area contributed by atoms with Gasteiger partial charge in [-0.15, -0.1) is 0 Å². The van der Waals surface area contributed by atoms with E-state index in [-0.39, 0.29) is 17.6 Å². The number of aryl methyl sites for hydroxylation is 1. The maximum Gasteiger partial charge on any atom is 0.328 e. The number of nitrogens with one attached hydrogen (secondary N) is 1. The number of carbonyl (C=O) groups excluding carboxylic acids is 2. The highest BCUT2D eigenvalue weighted by molar-refractivity contribution is 8.00. The third-order valence-corrected chi connectivity index (χ3v) is 6.61. The van der Waals surface area contributed by atoms with Gasteiger partial charge in [0.25, 0.3) is 0 Å². The molecule has 0 unspecified atom stereocenters. The van der Waals surface area contributed by atoms with Crippen molar-refractivity contribution in [1.29, 1.82) is 5.26 Å². The number of rotatable bonds is 11. The molecule has 38 heavy (non-hydrogen) atoms. The highest BCUT2D eigenvalue weighted by Gasteiger charge is 2.22. The molecule has 3 rings (SSSR count). The molecule has 0 saturated carbocycles. The number of nitrogens with two attached hydrogens (primary N) is 2. The number of guanidine groups is 1. The van der Waals surface area contributed by atoms with Gasteiger partial charge in [-0.1, -0.05) is 71.9 Å². The largest absolute Gasteiger partial charge is 0.467 e. The fourth-order valence-electron chi connectivity index (χ4n) is 3.72. The summed E-state index contributed by atoms with van der Waals surface area (Å²) in [5, 5.41) is 13.2. The Bertz CT molecular complexity index is 1330. The van der Waals surface area contributed by atoms with Gasteiger partial charge in [0.15, 0.2) is 5.96 Å². The van der Waals surface area contributed by atoms with Gasteiger partial charge in [-0.25, -0.2) is 9.78 Å². The zero-order valence-corrected chi connectivity index (χ0v) is 22.1. The predicted octanol–water partition coefficient (Wildman–Crippen LogP) is 3.40. The summed E-state index contributed by atoms with van der Waals surface area (Å²) in [6, 6.07) is 20.9. The number of hydrogen-bond acceptors (Lipinski definition) is 7. The third kappa shape index (κ3) is 7.82. The summed E-state index contributed by atoms with van der Waals surface area (Å²) in [5.41, 5.74) is 15.3. The van der Waals surface area contributed by atoms with Gasteiger partial charge in [0.2, 0.25) is 5.91 Å². The first kappa shape index (κ1) is 28.2. The summed E-state index contributed by atoms with van der Waals surface area (Å²) < 4.78 is 4.83. The molecule has 1 aromatic heterocycles. The molecule has 0 aliphatic rings. The van der Waals surface area contributed by atoms with Crippen LogP contribution < -0.4 is 16.8 Å². The second kappa shape index (κ2) is 13.8. The molecule has 3 aromatic rings. The van der Waals surface area contributed by atoms with Gasteiger partial charge in [-0.2, -0.15) is 5.26 Å². The summed E-state index contributed by atoms with van der Waals surface area (Å²) in [6.07, 6.45) is 0.785. The van der Waals surface area contributed by atoms with Gasteiger partial charge in [0.05, 0.1) is 24.1 Å². The maximum atomic E-state index is 12.8. The normalized spacial score (nSPS) is 11.2. The van der Waals surface area contributed by atoms with Crippen LogP contribution in [0.4, 0.5) is 0 Å². The molecule has 0 saturated heterocycles. The van der Waals surface area contributed by atoms with Crippen LogP contribution in [0.15, 0.2) is 70.7 Å². The van der Waals surface area contributed by atoms with Crippen LogP contribution in [0.1, 0.15) is 24.0 Å². The van der Waals surface area contributed by atoms with E-state index < -0.39 is 12.0 Å². The van der Waals surface area contributed by atoms with Crippen LogP contribution >= 0.6 is 11.8 Å². The van der Waals surface area contributed by atoms with Crippen molar-refractivity contribution in [3.05, 3.63) is 71.8 Å². The van der Waals surface area contributed by atoms with Crippen LogP contribution in [0.5, 0.6) is 0 Å².